The molecule has 0 bridgehead atoms. The van der Waals surface area contributed by atoms with E-state index in [2.05, 4.69) is 15.2 Å². The van der Waals surface area contributed by atoms with Crippen molar-refractivity contribution in [1.82, 2.24) is 25.1 Å². The number of benzene rings is 1. The summed E-state index contributed by atoms with van der Waals surface area (Å²) in [5.41, 5.74) is 5.57. The summed E-state index contributed by atoms with van der Waals surface area (Å²) < 4.78 is 0. The molecule has 1 aliphatic carbocycles. The fourth-order valence-corrected chi connectivity index (χ4v) is 4.76. The minimum Gasteiger partial charge on any atom is -0.347 e. The third kappa shape index (κ3) is 3.57. The van der Waals surface area contributed by atoms with Crippen molar-refractivity contribution in [3.8, 4) is 11.1 Å². The van der Waals surface area contributed by atoms with E-state index in [0.717, 1.165) is 60.2 Å². The molecule has 2 aliphatic rings. The van der Waals surface area contributed by atoms with Crippen molar-refractivity contribution in [2.24, 2.45) is 0 Å². The Kier molecular flexibility index (Phi) is 5.14. The van der Waals surface area contributed by atoms with Crippen LogP contribution in [0.3, 0.4) is 0 Å². The number of fused-ring (bicyclic) bond motifs is 1. The number of carbonyl (C=O) groups excluding carboxylic acids is 1. The van der Waals surface area contributed by atoms with Crippen LogP contribution in [0.5, 0.6) is 0 Å². The highest BCUT2D eigenvalue weighted by atomic mass is 35.5. The molecule has 0 saturated carbocycles. The molecular weight excluding hydrogens is 412 g/mol. The summed E-state index contributed by atoms with van der Waals surface area (Å²) >= 11 is 6.10. The van der Waals surface area contributed by atoms with E-state index in [9.17, 15) is 4.79 Å². The zero-order valence-electron chi connectivity index (χ0n) is 17.7. The molecule has 5 rings (SSSR count). The van der Waals surface area contributed by atoms with Gasteiger partial charge in [-0.2, -0.15) is 5.10 Å². The highest BCUT2D eigenvalue weighted by Crippen LogP contribution is 2.38. The largest absolute Gasteiger partial charge is 0.347 e. The Balaban J connectivity index is 1.56. The van der Waals surface area contributed by atoms with Gasteiger partial charge in [-0.3, -0.25) is 9.89 Å². The maximum Gasteiger partial charge on any atom is 0.275 e. The van der Waals surface area contributed by atoms with Crippen LogP contribution in [0.4, 0.5) is 5.95 Å². The molecule has 2 aromatic heterocycles. The normalized spacial score (nSPS) is 17.8. The molecule has 1 aromatic carbocycles. The van der Waals surface area contributed by atoms with Crippen LogP contribution in [0.2, 0.25) is 5.02 Å². The Morgan fingerprint density at radius 2 is 2.00 bits per heavy atom. The number of aromatic amines is 1. The first kappa shape index (κ1) is 20.0. The van der Waals surface area contributed by atoms with Gasteiger partial charge in [-0.1, -0.05) is 23.7 Å². The molecule has 1 saturated heterocycles. The molecule has 160 valence electrons. The van der Waals surface area contributed by atoms with E-state index in [1.807, 2.05) is 54.4 Å². The van der Waals surface area contributed by atoms with Crippen LogP contribution in [0.15, 0.2) is 30.5 Å². The number of aromatic nitrogens is 4. The number of anilines is 1. The molecule has 7 nitrogen and oxygen atoms in total. The lowest BCUT2D eigenvalue weighted by atomic mass is 9.99. The highest BCUT2D eigenvalue weighted by Gasteiger charge is 2.36. The minimum atomic E-state index is -0.117. The van der Waals surface area contributed by atoms with Gasteiger partial charge in [0.05, 0.1) is 11.7 Å². The average Bonchev–Trinajstić information content (AvgIpc) is 3.50. The third-order valence-electron chi connectivity index (χ3n) is 6.20. The van der Waals surface area contributed by atoms with E-state index in [-0.39, 0.29) is 11.9 Å². The Bertz CT molecular complexity index is 1120. The zero-order chi connectivity index (χ0) is 21.5. The topological polar surface area (TPSA) is 78.0 Å². The molecule has 3 aromatic rings. The van der Waals surface area contributed by atoms with Crippen molar-refractivity contribution in [3.63, 3.8) is 0 Å². The molecule has 1 atom stereocenters. The van der Waals surface area contributed by atoms with Gasteiger partial charge in [0.15, 0.2) is 5.69 Å². The molecule has 1 aliphatic heterocycles. The molecule has 8 heteroatoms. The minimum absolute atomic E-state index is 0.00558. The van der Waals surface area contributed by atoms with Gasteiger partial charge in [0, 0.05) is 48.7 Å². The number of carbonyl (C=O) groups is 1. The molecule has 0 radical (unpaired) electrons. The molecule has 0 spiro atoms. The van der Waals surface area contributed by atoms with E-state index >= 15 is 0 Å². The van der Waals surface area contributed by atoms with Crippen LogP contribution in [0.1, 0.15) is 52.7 Å². The van der Waals surface area contributed by atoms with Crippen LogP contribution in [-0.2, 0) is 12.8 Å². The second-order valence-electron chi connectivity index (χ2n) is 8.41. The number of nitrogens with zero attached hydrogens (tertiary/aromatic N) is 5. The number of H-pyrrole nitrogens is 1. The molecule has 1 N–H and O–H groups in total. The highest BCUT2D eigenvalue weighted by molar-refractivity contribution is 6.30. The first-order valence-corrected chi connectivity index (χ1v) is 11.1. The van der Waals surface area contributed by atoms with Gasteiger partial charge >= 0.3 is 0 Å². The second kappa shape index (κ2) is 7.96. The number of rotatable bonds is 4. The van der Waals surface area contributed by atoms with E-state index in [1.165, 1.54) is 0 Å². The predicted molar refractivity (Wildman–Crippen MR) is 120 cm³/mol. The Hall–Kier alpha value is -2.93. The lowest BCUT2D eigenvalue weighted by Crippen LogP contribution is -2.32. The van der Waals surface area contributed by atoms with Crippen molar-refractivity contribution in [3.05, 3.63) is 58.1 Å². The first-order chi connectivity index (χ1) is 15.0. The smallest absolute Gasteiger partial charge is 0.275 e. The number of nitrogens with one attached hydrogen (secondary N) is 1. The van der Waals surface area contributed by atoms with Gasteiger partial charge in [0.25, 0.3) is 5.91 Å². The molecule has 0 unspecified atom stereocenters. The summed E-state index contributed by atoms with van der Waals surface area (Å²) in [6.07, 6.45) is 6.62. The molecule has 31 heavy (non-hydrogen) atoms. The SMILES string of the molecule is CN(C)c1ncc(-c2ccc(Cl)cc2)c([C@@H]2CCCN2C(=O)c2n[nH]c3c2CCC3)n1. The molecular formula is C23H25ClN6O. The van der Waals surface area contributed by atoms with Gasteiger partial charge in [-0.05, 0) is 49.8 Å². The van der Waals surface area contributed by atoms with E-state index in [1.54, 1.807) is 0 Å². The van der Waals surface area contributed by atoms with Gasteiger partial charge in [0.2, 0.25) is 5.95 Å². The first-order valence-electron chi connectivity index (χ1n) is 10.7. The summed E-state index contributed by atoms with van der Waals surface area (Å²) in [5.74, 6) is 0.627. The van der Waals surface area contributed by atoms with Crippen LogP contribution in [0.25, 0.3) is 11.1 Å². The monoisotopic (exact) mass is 436 g/mol. The predicted octanol–water partition coefficient (Wildman–Crippen LogP) is 4.05. The van der Waals surface area contributed by atoms with Gasteiger partial charge in [-0.25, -0.2) is 9.97 Å². The van der Waals surface area contributed by atoms with Crippen LogP contribution >= 0.6 is 11.6 Å². The summed E-state index contributed by atoms with van der Waals surface area (Å²) in [6.45, 7) is 0.701. The number of halogens is 1. The van der Waals surface area contributed by atoms with Crippen molar-refractivity contribution in [2.45, 2.75) is 38.1 Å². The zero-order valence-corrected chi connectivity index (χ0v) is 18.5. The number of amides is 1. The number of hydrogen-bond acceptors (Lipinski definition) is 5. The fourth-order valence-electron chi connectivity index (χ4n) is 4.63. The van der Waals surface area contributed by atoms with Crippen molar-refractivity contribution in [1.29, 1.82) is 0 Å². The lowest BCUT2D eigenvalue weighted by molar-refractivity contribution is 0.0726. The summed E-state index contributed by atoms with van der Waals surface area (Å²) in [4.78, 5) is 26.8. The maximum atomic E-state index is 13.5. The van der Waals surface area contributed by atoms with Gasteiger partial charge in [-0.15, -0.1) is 0 Å². The Morgan fingerprint density at radius 1 is 1.19 bits per heavy atom. The maximum absolute atomic E-state index is 13.5. The summed E-state index contributed by atoms with van der Waals surface area (Å²) in [6, 6.07) is 7.56. The summed E-state index contributed by atoms with van der Waals surface area (Å²) in [5, 5.41) is 8.13. The second-order valence-corrected chi connectivity index (χ2v) is 8.85. The van der Waals surface area contributed by atoms with E-state index in [4.69, 9.17) is 16.6 Å². The molecule has 1 amide bonds. The van der Waals surface area contributed by atoms with Crippen LogP contribution < -0.4 is 4.90 Å². The number of hydrogen-bond donors (Lipinski definition) is 1. The quantitative estimate of drug-likeness (QED) is 0.667. The molecule has 3 heterocycles. The van der Waals surface area contributed by atoms with Crippen molar-refractivity contribution >= 4 is 23.5 Å². The fraction of sp³-hybridized carbons (Fsp3) is 0.391. The van der Waals surface area contributed by atoms with Crippen LogP contribution in [-0.4, -0.2) is 51.6 Å². The molecule has 1 fully saturated rings. The Labute approximate surface area is 186 Å². The van der Waals surface area contributed by atoms with Crippen molar-refractivity contribution in [2.75, 3.05) is 25.5 Å². The van der Waals surface area contributed by atoms with Gasteiger partial charge in [0.1, 0.15) is 0 Å². The van der Waals surface area contributed by atoms with Gasteiger partial charge < -0.3 is 9.80 Å². The Morgan fingerprint density at radius 3 is 2.77 bits per heavy atom. The number of aryl methyl sites for hydroxylation is 1. The third-order valence-corrected chi connectivity index (χ3v) is 6.45. The van der Waals surface area contributed by atoms with E-state index in [0.29, 0.717) is 23.2 Å². The van der Waals surface area contributed by atoms with Crippen LogP contribution in [0, 0.1) is 0 Å². The van der Waals surface area contributed by atoms with E-state index < -0.39 is 0 Å². The average molecular weight is 437 g/mol. The summed E-state index contributed by atoms with van der Waals surface area (Å²) in [7, 11) is 3.84. The standard InChI is InChI=1S/C23H25ClN6O/c1-29(2)23-25-13-17(14-8-10-15(24)11-9-14)20(26-23)19-7-4-12-30(19)22(31)21-16-5-3-6-18(16)27-28-21/h8-11,13,19H,3-7,12H2,1-2H3,(H,27,28)/t19-/m0/s1. The van der Waals surface area contributed by atoms with Crippen molar-refractivity contribution < 1.29 is 4.79 Å². The number of likely N-dealkylation sites (tertiary alicyclic amines) is 1. The lowest BCUT2D eigenvalue weighted by Gasteiger charge is -2.26.